The van der Waals surface area contributed by atoms with Gasteiger partial charge in [-0.2, -0.15) is 0 Å². The molecule has 2 fully saturated rings. The van der Waals surface area contributed by atoms with Crippen molar-refractivity contribution in [2.75, 3.05) is 57.1 Å². The van der Waals surface area contributed by atoms with Gasteiger partial charge in [0, 0.05) is 84.2 Å². The Labute approximate surface area is 359 Å². The van der Waals surface area contributed by atoms with Crippen molar-refractivity contribution >= 4 is 87.8 Å². The number of fused-ring (bicyclic) bond motifs is 2. The van der Waals surface area contributed by atoms with Crippen LogP contribution in [0.15, 0.2) is 85.5 Å². The lowest BCUT2D eigenvalue weighted by molar-refractivity contribution is -0.00540. The Bertz CT molecular complexity index is 2820. The lowest BCUT2D eigenvalue weighted by Gasteiger charge is -2.37. The third-order valence-corrected chi connectivity index (χ3v) is 13.5. The Kier molecular flexibility index (Phi) is 11.6. The Hall–Kier alpha value is -4.84. The highest BCUT2D eigenvalue weighted by Gasteiger charge is 2.29. The molecule has 0 bridgehead atoms. The first-order chi connectivity index (χ1) is 28.5. The summed E-state index contributed by atoms with van der Waals surface area (Å²) in [5.41, 5.74) is 5.94. The molecule has 4 unspecified atom stereocenters. The number of hydrogen-bond donors (Lipinski definition) is 1. The monoisotopic (exact) mass is 890 g/mol. The Balaban J connectivity index is 1.08. The highest BCUT2D eigenvalue weighted by atomic mass is 35.5. The molecular formula is C42H44Cl2N8O6S2. The van der Waals surface area contributed by atoms with Gasteiger partial charge in [-0.15, -0.1) is 0 Å². The first-order valence-electron chi connectivity index (χ1n) is 19.4. The van der Waals surface area contributed by atoms with E-state index in [1.807, 2.05) is 76.2 Å². The minimum absolute atomic E-state index is 0.0347. The first kappa shape index (κ1) is 41.9. The van der Waals surface area contributed by atoms with Gasteiger partial charge in [0.25, 0.3) is 10.0 Å². The van der Waals surface area contributed by atoms with Crippen LogP contribution in [0.1, 0.15) is 27.7 Å². The van der Waals surface area contributed by atoms with E-state index in [-0.39, 0.29) is 46.1 Å². The SMILES string of the molecule is CC1CN(c2ccnc3ccc(-c4cnc(Cl)c(NS(=O)(=O)CN(c5cc(-c6ccc7nccc(N8CC(C)OC(C)C8)c7c6)cnc5Cl)S(C)(=O)=O)c4)cc23)CC(C)O1. The van der Waals surface area contributed by atoms with E-state index >= 15 is 0 Å². The van der Waals surface area contributed by atoms with Crippen LogP contribution < -0.4 is 18.8 Å². The van der Waals surface area contributed by atoms with E-state index in [0.29, 0.717) is 47.2 Å². The van der Waals surface area contributed by atoms with Gasteiger partial charge in [-0.05, 0) is 87.4 Å². The second-order valence-electron chi connectivity index (χ2n) is 15.5. The van der Waals surface area contributed by atoms with E-state index in [1.54, 1.807) is 24.7 Å². The summed E-state index contributed by atoms with van der Waals surface area (Å²) in [7, 11) is -8.71. The highest BCUT2D eigenvalue weighted by Crippen LogP contribution is 2.37. The van der Waals surface area contributed by atoms with E-state index in [0.717, 1.165) is 45.0 Å². The maximum absolute atomic E-state index is 13.9. The lowest BCUT2D eigenvalue weighted by atomic mass is 10.0. The van der Waals surface area contributed by atoms with Crippen LogP contribution in [0.25, 0.3) is 44.1 Å². The molecular weight excluding hydrogens is 848 g/mol. The van der Waals surface area contributed by atoms with E-state index in [4.69, 9.17) is 32.7 Å². The van der Waals surface area contributed by atoms with E-state index < -0.39 is 25.9 Å². The second kappa shape index (κ2) is 16.6. The van der Waals surface area contributed by atoms with E-state index in [1.165, 1.54) is 12.3 Å². The van der Waals surface area contributed by atoms with Gasteiger partial charge < -0.3 is 19.3 Å². The van der Waals surface area contributed by atoms with Gasteiger partial charge >= 0.3 is 0 Å². The van der Waals surface area contributed by atoms with Gasteiger partial charge in [0.15, 0.2) is 16.2 Å². The van der Waals surface area contributed by atoms with Crippen LogP contribution in [0.4, 0.5) is 22.7 Å². The van der Waals surface area contributed by atoms with Gasteiger partial charge in [-0.1, -0.05) is 35.3 Å². The van der Waals surface area contributed by atoms with Gasteiger partial charge in [0.05, 0.1) is 53.1 Å². The summed E-state index contributed by atoms with van der Waals surface area (Å²) in [6.45, 7) is 11.0. The predicted molar refractivity (Wildman–Crippen MR) is 239 cm³/mol. The molecule has 4 aromatic heterocycles. The number of benzene rings is 2. The summed E-state index contributed by atoms with van der Waals surface area (Å²) in [6, 6.07) is 18.4. The number of hydrogen-bond acceptors (Lipinski definition) is 12. The van der Waals surface area contributed by atoms with Crippen LogP contribution in [0.5, 0.6) is 0 Å². The number of anilines is 4. The van der Waals surface area contributed by atoms with Gasteiger partial charge in [-0.25, -0.2) is 26.8 Å². The third kappa shape index (κ3) is 8.94. The van der Waals surface area contributed by atoms with Gasteiger partial charge in [0.2, 0.25) is 10.0 Å². The van der Waals surface area contributed by atoms with Crippen molar-refractivity contribution in [2.24, 2.45) is 0 Å². The maximum atomic E-state index is 13.9. The number of nitrogens with zero attached hydrogens (tertiary/aromatic N) is 7. The fourth-order valence-electron chi connectivity index (χ4n) is 8.07. The Morgan fingerprint density at radius 3 is 1.60 bits per heavy atom. The van der Waals surface area contributed by atoms with Crippen molar-refractivity contribution in [1.29, 1.82) is 0 Å². The summed E-state index contributed by atoms with van der Waals surface area (Å²) < 4.78 is 69.6. The van der Waals surface area contributed by atoms with Crippen molar-refractivity contribution in [1.82, 2.24) is 19.9 Å². The molecule has 2 aromatic carbocycles. The smallest absolute Gasteiger partial charge is 0.252 e. The number of rotatable bonds is 10. The van der Waals surface area contributed by atoms with Crippen LogP contribution in [0.3, 0.4) is 0 Å². The average Bonchev–Trinajstić information content (AvgIpc) is 3.19. The standard InChI is InChI=1S/C42H44Cl2N8O6S2/c1-25-20-50(21-26(2)57-25)38-10-12-45-35-8-6-29(14-33(35)38)31-16-37(41(43)47-18-31)49-60(55,56)24-52(59(5,53)54)40-17-32(19-48-42(40)44)30-7-9-36-34(15-30)39(11-13-46-36)51-22-27(3)58-28(4)23-51/h6-19,25-28,49H,20-24H2,1-5H3. The summed E-state index contributed by atoms with van der Waals surface area (Å²) in [5.74, 6) is -1.03. The minimum Gasteiger partial charge on any atom is -0.372 e. The molecule has 0 saturated carbocycles. The van der Waals surface area contributed by atoms with Crippen LogP contribution in [0.2, 0.25) is 10.3 Å². The zero-order chi connectivity index (χ0) is 42.5. The lowest BCUT2D eigenvalue weighted by Crippen LogP contribution is -2.45. The molecule has 14 nitrogen and oxygen atoms in total. The molecule has 6 aromatic rings. The largest absolute Gasteiger partial charge is 0.372 e. The van der Waals surface area contributed by atoms with Crippen LogP contribution in [-0.2, 0) is 29.5 Å². The fraction of sp³-hybridized carbons (Fsp3) is 0.333. The molecule has 6 heterocycles. The molecule has 314 valence electrons. The number of sulfonamides is 2. The van der Waals surface area contributed by atoms with Crippen LogP contribution >= 0.6 is 23.2 Å². The van der Waals surface area contributed by atoms with E-state index in [9.17, 15) is 16.8 Å². The van der Waals surface area contributed by atoms with Gasteiger partial charge in [0.1, 0.15) is 0 Å². The van der Waals surface area contributed by atoms with Crippen molar-refractivity contribution in [2.45, 2.75) is 52.1 Å². The highest BCUT2D eigenvalue weighted by molar-refractivity contribution is 7.96. The molecule has 0 amide bonds. The number of nitrogens with one attached hydrogen (secondary N) is 1. The summed E-state index contributed by atoms with van der Waals surface area (Å²) in [6.07, 6.45) is 7.69. The Morgan fingerprint density at radius 2 is 1.12 bits per heavy atom. The molecule has 2 saturated heterocycles. The first-order valence-corrected chi connectivity index (χ1v) is 23.7. The molecule has 4 atom stereocenters. The van der Waals surface area contributed by atoms with Crippen molar-refractivity contribution < 1.29 is 26.3 Å². The summed E-state index contributed by atoms with van der Waals surface area (Å²) in [5, 5.41) is 1.47. The second-order valence-corrected chi connectivity index (χ2v) is 19.8. The van der Waals surface area contributed by atoms with Crippen LogP contribution in [-0.4, -0.2) is 99.5 Å². The molecule has 0 radical (unpaired) electrons. The number of aromatic nitrogens is 4. The number of ether oxygens (including phenoxy) is 2. The molecule has 2 aliphatic heterocycles. The molecule has 60 heavy (non-hydrogen) atoms. The number of halogens is 2. The zero-order valence-electron chi connectivity index (χ0n) is 33.6. The van der Waals surface area contributed by atoms with Crippen molar-refractivity contribution in [3.63, 3.8) is 0 Å². The molecule has 2 aliphatic rings. The molecule has 18 heteroatoms. The molecule has 0 aliphatic carbocycles. The quantitative estimate of drug-likeness (QED) is 0.134. The summed E-state index contributed by atoms with van der Waals surface area (Å²) >= 11 is 13.0. The topological polar surface area (TPSA) is 160 Å². The molecule has 1 N–H and O–H groups in total. The molecule has 0 spiro atoms. The number of morpholine rings is 2. The zero-order valence-corrected chi connectivity index (χ0v) is 36.7. The van der Waals surface area contributed by atoms with Crippen molar-refractivity contribution in [3.05, 3.63) is 95.8 Å². The minimum atomic E-state index is -4.47. The van der Waals surface area contributed by atoms with Crippen LogP contribution in [0, 0.1) is 0 Å². The third-order valence-electron chi connectivity index (χ3n) is 10.5. The summed E-state index contributed by atoms with van der Waals surface area (Å²) in [4.78, 5) is 22.3. The maximum Gasteiger partial charge on any atom is 0.252 e. The average molecular weight is 892 g/mol. The predicted octanol–water partition coefficient (Wildman–Crippen LogP) is 7.61. The van der Waals surface area contributed by atoms with Gasteiger partial charge in [-0.3, -0.25) is 19.0 Å². The Morgan fingerprint density at radius 1 is 0.650 bits per heavy atom. The van der Waals surface area contributed by atoms with E-state index in [2.05, 4.69) is 34.5 Å². The number of pyridine rings is 4. The fourth-order valence-corrected chi connectivity index (χ4v) is 11.2. The van der Waals surface area contributed by atoms with Crippen molar-refractivity contribution in [3.8, 4) is 22.3 Å². The normalized spacial score (nSPS) is 20.1. The molecule has 8 rings (SSSR count).